The van der Waals surface area contributed by atoms with Gasteiger partial charge in [-0.3, -0.25) is 4.79 Å². The minimum absolute atomic E-state index is 0.0213. The fraction of sp³-hybridized carbons (Fsp3) is 0.333. The first-order chi connectivity index (χ1) is 10.7. The average molecular weight is 343 g/mol. The van der Waals surface area contributed by atoms with Crippen molar-refractivity contribution in [1.29, 1.82) is 0 Å². The molecule has 8 heteroatoms. The van der Waals surface area contributed by atoms with Crippen LogP contribution in [-0.2, 0) is 17.4 Å². The monoisotopic (exact) mass is 343 g/mol. The number of rotatable bonds is 4. The number of aryl methyl sites for hydroxylation is 1. The van der Waals surface area contributed by atoms with Gasteiger partial charge in [0.15, 0.2) is 0 Å². The summed E-state index contributed by atoms with van der Waals surface area (Å²) in [6, 6.07) is 3.28. The zero-order valence-electron chi connectivity index (χ0n) is 12.9. The summed E-state index contributed by atoms with van der Waals surface area (Å²) in [5, 5.41) is 5.14. The third-order valence-electron chi connectivity index (χ3n) is 3.09. The van der Waals surface area contributed by atoms with Crippen molar-refractivity contribution in [1.82, 2.24) is 4.98 Å². The van der Waals surface area contributed by atoms with Crippen LogP contribution in [-0.4, -0.2) is 25.0 Å². The van der Waals surface area contributed by atoms with E-state index in [2.05, 4.69) is 10.3 Å². The van der Waals surface area contributed by atoms with Gasteiger partial charge >= 0.3 is 6.18 Å². The van der Waals surface area contributed by atoms with E-state index < -0.39 is 17.6 Å². The van der Waals surface area contributed by atoms with E-state index >= 15 is 0 Å². The number of aromatic nitrogens is 1. The minimum Gasteiger partial charge on any atom is -0.376 e. The van der Waals surface area contributed by atoms with Crippen LogP contribution in [0.25, 0.3) is 0 Å². The second kappa shape index (κ2) is 6.57. The van der Waals surface area contributed by atoms with Crippen molar-refractivity contribution >= 4 is 28.6 Å². The normalized spacial score (nSPS) is 11.4. The molecule has 0 saturated carbocycles. The number of anilines is 2. The summed E-state index contributed by atoms with van der Waals surface area (Å²) in [6.45, 7) is 1.82. The Hall–Kier alpha value is -2.09. The van der Waals surface area contributed by atoms with E-state index in [1.54, 1.807) is 24.4 Å². The summed E-state index contributed by atoms with van der Waals surface area (Å²) >= 11 is 1.42. The fourth-order valence-corrected chi connectivity index (χ4v) is 2.66. The van der Waals surface area contributed by atoms with E-state index in [0.717, 1.165) is 17.1 Å². The van der Waals surface area contributed by atoms with Gasteiger partial charge in [-0.05, 0) is 25.1 Å². The maximum absolute atomic E-state index is 12.9. The van der Waals surface area contributed by atoms with Crippen LogP contribution in [0.4, 0.5) is 24.5 Å². The number of carbonyl (C=O) groups excluding carboxylic acids is 1. The molecule has 1 amide bonds. The molecule has 0 aliphatic carbocycles. The predicted octanol–water partition coefficient (Wildman–Crippen LogP) is 3.72. The van der Waals surface area contributed by atoms with Crippen LogP contribution in [0.1, 0.15) is 16.3 Å². The first kappa shape index (κ1) is 17.3. The lowest BCUT2D eigenvalue weighted by Crippen LogP contribution is -2.19. The highest BCUT2D eigenvalue weighted by molar-refractivity contribution is 7.09. The molecule has 0 fully saturated rings. The number of carbonyl (C=O) groups is 1. The number of alkyl halides is 3. The first-order valence-electron chi connectivity index (χ1n) is 6.76. The van der Waals surface area contributed by atoms with Crippen LogP contribution >= 0.6 is 11.3 Å². The van der Waals surface area contributed by atoms with Crippen LogP contribution < -0.4 is 10.2 Å². The number of hydrogen-bond acceptors (Lipinski definition) is 4. The molecule has 1 aromatic carbocycles. The number of amides is 1. The van der Waals surface area contributed by atoms with Crippen molar-refractivity contribution in [3.05, 3.63) is 39.8 Å². The van der Waals surface area contributed by atoms with E-state index in [0.29, 0.717) is 11.4 Å². The molecule has 0 radical (unpaired) electrons. The molecule has 0 aliphatic rings. The molecule has 0 atom stereocenters. The van der Waals surface area contributed by atoms with Crippen LogP contribution in [0.3, 0.4) is 0 Å². The van der Waals surface area contributed by atoms with Crippen molar-refractivity contribution < 1.29 is 18.0 Å². The van der Waals surface area contributed by atoms with E-state index in [4.69, 9.17) is 0 Å². The smallest absolute Gasteiger partial charge is 0.376 e. The molecule has 1 aromatic heterocycles. The van der Waals surface area contributed by atoms with Crippen LogP contribution in [0.2, 0.25) is 0 Å². The lowest BCUT2D eigenvalue weighted by molar-refractivity contribution is -0.137. The Morgan fingerprint density at radius 3 is 2.57 bits per heavy atom. The molecular weight excluding hydrogens is 327 g/mol. The van der Waals surface area contributed by atoms with E-state index in [1.165, 1.54) is 17.4 Å². The summed E-state index contributed by atoms with van der Waals surface area (Å²) in [6.07, 6.45) is -4.44. The lowest BCUT2D eigenvalue weighted by Gasteiger charge is -2.19. The van der Waals surface area contributed by atoms with Crippen LogP contribution in [0.5, 0.6) is 0 Å². The number of nitrogens with one attached hydrogen (secondary N) is 1. The topological polar surface area (TPSA) is 45.2 Å². The van der Waals surface area contributed by atoms with E-state index in [-0.39, 0.29) is 12.1 Å². The Morgan fingerprint density at radius 2 is 2.04 bits per heavy atom. The Balaban J connectivity index is 2.23. The summed E-state index contributed by atoms with van der Waals surface area (Å²) in [4.78, 5) is 17.9. The van der Waals surface area contributed by atoms with Crippen molar-refractivity contribution in [2.45, 2.75) is 19.5 Å². The second-order valence-electron chi connectivity index (χ2n) is 5.21. The molecule has 4 nitrogen and oxygen atoms in total. The third kappa shape index (κ3) is 4.44. The third-order valence-corrected chi connectivity index (χ3v) is 3.91. The zero-order chi connectivity index (χ0) is 17.2. The molecule has 23 heavy (non-hydrogen) atoms. The highest BCUT2D eigenvalue weighted by Crippen LogP contribution is 2.34. The van der Waals surface area contributed by atoms with Crippen molar-refractivity contribution in [2.24, 2.45) is 0 Å². The molecule has 1 N–H and O–H groups in total. The summed E-state index contributed by atoms with van der Waals surface area (Å²) < 4.78 is 38.6. The largest absolute Gasteiger partial charge is 0.416 e. The zero-order valence-corrected chi connectivity index (χ0v) is 13.7. The number of thiazole rings is 1. The highest BCUT2D eigenvalue weighted by Gasteiger charge is 2.31. The van der Waals surface area contributed by atoms with Crippen LogP contribution in [0.15, 0.2) is 23.6 Å². The molecule has 0 saturated heterocycles. The van der Waals surface area contributed by atoms with Gasteiger partial charge in [0.2, 0.25) is 5.91 Å². The van der Waals surface area contributed by atoms with E-state index in [1.807, 2.05) is 6.92 Å². The SMILES string of the molecule is Cc1nc(CC(=O)Nc2cc(C(F)(F)F)ccc2N(C)C)cs1. The summed E-state index contributed by atoms with van der Waals surface area (Å²) in [7, 11) is 3.39. The number of benzene rings is 1. The number of halogens is 3. The molecule has 2 rings (SSSR count). The number of nitrogens with zero attached hydrogens (tertiary/aromatic N) is 2. The summed E-state index contributed by atoms with van der Waals surface area (Å²) in [5.41, 5.74) is 0.425. The van der Waals surface area contributed by atoms with Gasteiger partial charge in [-0.2, -0.15) is 13.2 Å². The average Bonchev–Trinajstić information content (AvgIpc) is 2.82. The maximum atomic E-state index is 12.9. The Morgan fingerprint density at radius 1 is 1.35 bits per heavy atom. The molecule has 124 valence electrons. The number of hydrogen-bond donors (Lipinski definition) is 1. The van der Waals surface area contributed by atoms with Gasteiger partial charge in [-0.25, -0.2) is 4.98 Å². The predicted molar refractivity (Wildman–Crippen MR) is 85.0 cm³/mol. The second-order valence-corrected chi connectivity index (χ2v) is 6.27. The van der Waals surface area contributed by atoms with Crippen molar-refractivity contribution in [3.63, 3.8) is 0 Å². The molecule has 0 spiro atoms. The summed E-state index contributed by atoms with van der Waals surface area (Å²) in [5.74, 6) is -0.405. The molecule has 0 aliphatic heterocycles. The van der Waals surface area contributed by atoms with Crippen molar-refractivity contribution in [2.75, 3.05) is 24.3 Å². The van der Waals surface area contributed by atoms with E-state index in [9.17, 15) is 18.0 Å². The van der Waals surface area contributed by atoms with Gasteiger partial charge in [0.1, 0.15) is 0 Å². The molecular formula is C15H16F3N3OS. The molecule has 0 bridgehead atoms. The fourth-order valence-electron chi connectivity index (χ4n) is 2.05. The molecule has 0 unspecified atom stereocenters. The van der Waals surface area contributed by atoms with Crippen molar-refractivity contribution in [3.8, 4) is 0 Å². The lowest BCUT2D eigenvalue weighted by atomic mass is 10.1. The van der Waals surface area contributed by atoms with Gasteiger partial charge in [-0.15, -0.1) is 11.3 Å². The van der Waals surface area contributed by atoms with Gasteiger partial charge in [0, 0.05) is 19.5 Å². The minimum atomic E-state index is -4.46. The maximum Gasteiger partial charge on any atom is 0.416 e. The van der Waals surface area contributed by atoms with Crippen LogP contribution in [0, 0.1) is 6.92 Å². The van der Waals surface area contributed by atoms with Gasteiger partial charge in [0.25, 0.3) is 0 Å². The van der Waals surface area contributed by atoms with Gasteiger partial charge in [0.05, 0.1) is 34.1 Å². The first-order valence-corrected chi connectivity index (χ1v) is 7.64. The Labute approximate surface area is 136 Å². The Kier molecular flexibility index (Phi) is 4.93. The standard InChI is InChI=1S/C15H16F3N3OS/c1-9-19-11(8-23-9)7-14(22)20-12-6-10(15(16,17)18)4-5-13(12)21(2)3/h4-6,8H,7H2,1-3H3,(H,20,22). The molecule has 1 heterocycles. The Bertz CT molecular complexity index is 710. The highest BCUT2D eigenvalue weighted by atomic mass is 32.1. The quantitative estimate of drug-likeness (QED) is 0.920. The van der Waals surface area contributed by atoms with Gasteiger partial charge in [-0.1, -0.05) is 0 Å². The van der Waals surface area contributed by atoms with Gasteiger partial charge < -0.3 is 10.2 Å². The molecule has 2 aromatic rings.